The van der Waals surface area contributed by atoms with Crippen LogP contribution in [0.25, 0.3) is 0 Å². The van der Waals surface area contributed by atoms with E-state index in [0.717, 1.165) is 54.3 Å². The molecule has 300 valence electrons. The van der Waals surface area contributed by atoms with Crippen LogP contribution in [0.4, 0.5) is 22.7 Å². The van der Waals surface area contributed by atoms with Gasteiger partial charge in [-0.2, -0.15) is 0 Å². The van der Waals surface area contributed by atoms with Gasteiger partial charge in [-0.05, 0) is 108 Å². The number of nitrogens with zero attached hydrogens (tertiary/aromatic N) is 4. The van der Waals surface area contributed by atoms with Crippen LogP contribution < -0.4 is 19.6 Å². The number of benzene rings is 4. The van der Waals surface area contributed by atoms with Crippen molar-refractivity contribution in [1.82, 2.24) is 0 Å². The number of amides is 8. The number of carbonyl (C=O) groups is 8. The summed E-state index contributed by atoms with van der Waals surface area (Å²) in [5, 5.41) is 0. The van der Waals surface area contributed by atoms with Crippen LogP contribution in [0.3, 0.4) is 0 Å². The van der Waals surface area contributed by atoms with Gasteiger partial charge in [0.05, 0.1) is 22.7 Å². The van der Waals surface area contributed by atoms with Crippen LogP contribution in [0.5, 0.6) is 0 Å². The Hall–Kier alpha value is -7.60. The molecule has 4 aromatic rings. The molecular formula is C48H40N4O8. The van der Waals surface area contributed by atoms with Crippen molar-refractivity contribution in [1.29, 1.82) is 0 Å². The molecule has 4 aliphatic heterocycles. The molecule has 0 atom stereocenters. The zero-order chi connectivity index (χ0) is 42.8. The number of hydrogen-bond acceptors (Lipinski definition) is 8. The number of imide groups is 4. The van der Waals surface area contributed by atoms with Gasteiger partial charge in [0.1, 0.15) is 0 Å². The summed E-state index contributed by atoms with van der Waals surface area (Å²) in [4.78, 5) is 101. The minimum absolute atomic E-state index is 0.315. The minimum atomic E-state index is -0.344. The van der Waals surface area contributed by atoms with Gasteiger partial charge in [0.2, 0.25) is 0 Å². The van der Waals surface area contributed by atoms with Crippen molar-refractivity contribution < 1.29 is 38.4 Å². The van der Waals surface area contributed by atoms with Crippen LogP contribution in [-0.4, -0.2) is 47.3 Å². The Morgan fingerprint density at radius 3 is 0.900 bits per heavy atom. The van der Waals surface area contributed by atoms with E-state index >= 15 is 0 Å². The first-order valence-electron chi connectivity index (χ1n) is 19.4. The maximum absolute atomic E-state index is 12.2. The van der Waals surface area contributed by atoms with Crippen molar-refractivity contribution in [3.63, 3.8) is 0 Å². The molecule has 0 saturated heterocycles. The summed E-state index contributed by atoms with van der Waals surface area (Å²) < 4.78 is 0. The highest BCUT2D eigenvalue weighted by Gasteiger charge is 2.31. The third-order valence-electron chi connectivity index (χ3n) is 10.5. The average Bonchev–Trinajstić information content (AvgIpc) is 3.96. The molecule has 0 aromatic heterocycles. The fourth-order valence-electron chi connectivity index (χ4n) is 7.80. The molecule has 0 saturated carbocycles. The molecule has 0 spiro atoms. The molecule has 0 unspecified atom stereocenters. The van der Waals surface area contributed by atoms with E-state index in [-0.39, 0.29) is 47.3 Å². The average molecular weight is 801 g/mol. The molecule has 0 radical (unpaired) electrons. The van der Waals surface area contributed by atoms with Crippen molar-refractivity contribution in [3.8, 4) is 0 Å². The molecular weight excluding hydrogens is 761 g/mol. The molecule has 12 nitrogen and oxygen atoms in total. The Bertz CT molecular complexity index is 2400. The Labute approximate surface area is 346 Å². The molecule has 60 heavy (non-hydrogen) atoms. The highest BCUT2D eigenvalue weighted by molar-refractivity contribution is 6.30. The quantitative estimate of drug-likeness (QED) is 0.177. The minimum Gasteiger partial charge on any atom is -0.269 e. The van der Waals surface area contributed by atoms with Crippen molar-refractivity contribution in [2.24, 2.45) is 0 Å². The Morgan fingerprint density at radius 2 is 0.617 bits per heavy atom. The summed E-state index contributed by atoms with van der Waals surface area (Å²) in [5.74, 6) is -2.63. The van der Waals surface area contributed by atoms with E-state index in [1.54, 1.807) is 24.3 Å². The van der Waals surface area contributed by atoms with Gasteiger partial charge in [0.25, 0.3) is 47.3 Å². The van der Waals surface area contributed by atoms with Gasteiger partial charge >= 0.3 is 0 Å². The van der Waals surface area contributed by atoms with Crippen LogP contribution >= 0.6 is 0 Å². The zero-order valence-electron chi connectivity index (χ0n) is 33.4. The van der Waals surface area contributed by atoms with Gasteiger partial charge in [-0.3, -0.25) is 38.4 Å². The molecule has 12 heteroatoms. The summed E-state index contributed by atoms with van der Waals surface area (Å²) in [7, 11) is 0. The van der Waals surface area contributed by atoms with Gasteiger partial charge < -0.3 is 0 Å². The van der Waals surface area contributed by atoms with Crippen LogP contribution in [0.15, 0.2) is 121 Å². The van der Waals surface area contributed by atoms with Gasteiger partial charge in [0.15, 0.2) is 0 Å². The zero-order valence-corrected chi connectivity index (χ0v) is 33.4. The maximum Gasteiger partial charge on any atom is 0.258 e. The van der Waals surface area contributed by atoms with E-state index < -0.39 is 0 Å². The standard InChI is InChI=1S/C27H26N2O4.C21H14N2O4/c1-5-20-14-18(11-16(3)26(20)28-22(30)7-8-23(28)31)13-19-12-17(4)27(21(6-2)15-19)29-24(32)9-10-25(29)33;24-18-9-10-19(25)22(18)16-5-1-14(2-6-16)13-15-3-7-17(8-4-15)23-20(26)11-12-21(23)27/h7-12,14-15H,5-6,13H2,1-4H3;1-12H,13H2. The van der Waals surface area contributed by atoms with E-state index in [1.807, 2.05) is 76.2 Å². The van der Waals surface area contributed by atoms with Gasteiger partial charge in [-0.25, -0.2) is 19.6 Å². The number of anilines is 4. The van der Waals surface area contributed by atoms with Gasteiger partial charge in [0, 0.05) is 48.6 Å². The Kier molecular flexibility index (Phi) is 11.3. The largest absolute Gasteiger partial charge is 0.269 e. The molecule has 0 bridgehead atoms. The smallest absolute Gasteiger partial charge is 0.258 e. The first-order chi connectivity index (χ1) is 28.8. The number of hydrogen-bond donors (Lipinski definition) is 0. The third-order valence-corrected chi connectivity index (χ3v) is 10.5. The molecule has 4 aromatic carbocycles. The van der Waals surface area contributed by atoms with E-state index in [2.05, 4.69) is 0 Å². The van der Waals surface area contributed by atoms with Crippen LogP contribution in [-0.2, 0) is 64.0 Å². The monoisotopic (exact) mass is 800 g/mol. The predicted octanol–water partition coefficient (Wildman–Crippen LogP) is 6.01. The second-order valence-corrected chi connectivity index (χ2v) is 14.6. The lowest BCUT2D eigenvalue weighted by atomic mass is 9.93. The summed E-state index contributed by atoms with van der Waals surface area (Å²) in [6, 6.07) is 22.5. The van der Waals surface area contributed by atoms with Crippen molar-refractivity contribution in [2.45, 2.75) is 53.4 Å². The molecule has 4 aliphatic rings. The van der Waals surface area contributed by atoms with Crippen molar-refractivity contribution in [3.05, 3.63) is 166 Å². The first kappa shape index (κ1) is 40.6. The lowest BCUT2D eigenvalue weighted by Crippen LogP contribution is -2.31. The summed E-state index contributed by atoms with van der Waals surface area (Å²) in [6.45, 7) is 7.85. The number of rotatable bonds is 10. The molecule has 0 aliphatic carbocycles. The maximum atomic E-state index is 12.2. The van der Waals surface area contributed by atoms with Crippen LogP contribution in [0.1, 0.15) is 58.4 Å². The summed E-state index contributed by atoms with van der Waals surface area (Å²) in [5.41, 5.74) is 10.2. The van der Waals surface area contributed by atoms with E-state index in [1.165, 1.54) is 58.4 Å². The molecule has 8 rings (SSSR count). The van der Waals surface area contributed by atoms with Crippen molar-refractivity contribution in [2.75, 3.05) is 19.6 Å². The van der Waals surface area contributed by atoms with Crippen LogP contribution in [0, 0.1) is 13.8 Å². The number of aryl methyl sites for hydroxylation is 4. The van der Waals surface area contributed by atoms with Gasteiger partial charge in [-0.15, -0.1) is 0 Å². The van der Waals surface area contributed by atoms with Crippen LogP contribution in [0.2, 0.25) is 0 Å². The Balaban J connectivity index is 0.000000185. The number of carbonyl (C=O) groups excluding carboxylic acids is 8. The highest BCUT2D eigenvalue weighted by atomic mass is 16.2. The normalized spacial score (nSPS) is 15.8. The van der Waals surface area contributed by atoms with E-state index in [4.69, 9.17) is 0 Å². The molecule has 0 N–H and O–H groups in total. The summed E-state index contributed by atoms with van der Waals surface area (Å²) in [6.07, 6.45) is 12.9. The van der Waals surface area contributed by atoms with Crippen molar-refractivity contribution >= 4 is 70.0 Å². The van der Waals surface area contributed by atoms with Gasteiger partial charge in [-0.1, -0.05) is 62.4 Å². The Morgan fingerprint density at radius 1 is 0.350 bits per heavy atom. The van der Waals surface area contributed by atoms with E-state index in [9.17, 15) is 38.4 Å². The second-order valence-electron chi connectivity index (χ2n) is 14.6. The fraction of sp³-hybridized carbons (Fsp3) is 0.167. The SMILES string of the molecule is CCc1cc(Cc2cc(C)c(N3C(=O)C=CC3=O)c(CC)c2)cc(C)c1N1C(=O)C=CC1=O.O=C1C=CC(=O)N1c1ccc(Cc2ccc(N3C(=O)C=CC3=O)cc2)cc1. The lowest BCUT2D eigenvalue weighted by Gasteiger charge is -2.23. The van der Waals surface area contributed by atoms with E-state index in [0.29, 0.717) is 48.4 Å². The molecule has 0 fully saturated rings. The fourth-order valence-corrected chi connectivity index (χ4v) is 7.80. The molecule has 8 amide bonds. The molecule has 4 heterocycles. The predicted molar refractivity (Wildman–Crippen MR) is 226 cm³/mol. The second kappa shape index (κ2) is 16.7. The summed E-state index contributed by atoms with van der Waals surface area (Å²) >= 11 is 0. The lowest BCUT2D eigenvalue weighted by molar-refractivity contribution is -0.121. The third kappa shape index (κ3) is 7.95. The topological polar surface area (TPSA) is 150 Å². The first-order valence-corrected chi connectivity index (χ1v) is 19.4. The highest BCUT2D eigenvalue weighted by Crippen LogP contribution is 2.34.